The van der Waals surface area contributed by atoms with Crippen molar-refractivity contribution in [1.29, 1.82) is 0 Å². The van der Waals surface area contributed by atoms with Crippen molar-refractivity contribution in [1.82, 2.24) is 4.90 Å². The molecule has 0 spiro atoms. The van der Waals surface area contributed by atoms with Gasteiger partial charge < -0.3 is 19.9 Å². The first kappa shape index (κ1) is 18.8. The second kappa shape index (κ2) is 8.12. The van der Waals surface area contributed by atoms with Gasteiger partial charge >= 0.3 is 11.8 Å². The Bertz CT molecular complexity index is 825. The Morgan fingerprint density at radius 2 is 1.63 bits per heavy atom. The maximum absolute atomic E-state index is 12.5. The van der Waals surface area contributed by atoms with E-state index in [9.17, 15) is 9.59 Å². The molecule has 0 aromatic heterocycles. The first-order chi connectivity index (χ1) is 13.0. The molecule has 1 aliphatic heterocycles. The standard InChI is InChI=1S/C21H25N3O3/c1-15-5-4-6-19(16(15)2)22-20(25)21(26)24-13-11-23(12-14-24)17-7-9-18(27-3)10-8-17/h4-10H,11-14H2,1-3H3,(H,22,25). The van der Waals surface area contributed by atoms with E-state index in [0.29, 0.717) is 31.9 Å². The van der Waals surface area contributed by atoms with Gasteiger partial charge in [0, 0.05) is 37.6 Å². The predicted molar refractivity (Wildman–Crippen MR) is 106 cm³/mol. The maximum atomic E-state index is 12.5. The summed E-state index contributed by atoms with van der Waals surface area (Å²) < 4.78 is 5.18. The van der Waals surface area contributed by atoms with Gasteiger partial charge in [-0.25, -0.2) is 0 Å². The molecule has 27 heavy (non-hydrogen) atoms. The van der Waals surface area contributed by atoms with E-state index in [1.165, 1.54) is 0 Å². The molecule has 1 aliphatic rings. The van der Waals surface area contributed by atoms with Crippen LogP contribution in [-0.2, 0) is 9.59 Å². The highest BCUT2D eigenvalue weighted by Gasteiger charge is 2.26. The number of hydrogen-bond acceptors (Lipinski definition) is 4. The van der Waals surface area contributed by atoms with Gasteiger partial charge in [0.05, 0.1) is 7.11 Å². The minimum Gasteiger partial charge on any atom is -0.497 e. The van der Waals surface area contributed by atoms with E-state index in [2.05, 4.69) is 10.2 Å². The normalized spacial score (nSPS) is 14.0. The van der Waals surface area contributed by atoms with Crippen molar-refractivity contribution < 1.29 is 14.3 Å². The number of rotatable bonds is 3. The molecule has 2 aromatic carbocycles. The van der Waals surface area contributed by atoms with Crippen LogP contribution in [0, 0.1) is 13.8 Å². The zero-order chi connectivity index (χ0) is 19.4. The van der Waals surface area contributed by atoms with E-state index in [-0.39, 0.29) is 0 Å². The highest BCUT2D eigenvalue weighted by atomic mass is 16.5. The van der Waals surface area contributed by atoms with Crippen LogP contribution in [0.25, 0.3) is 0 Å². The third-order valence-electron chi connectivity index (χ3n) is 5.05. The quantitative estimate of drug-likeness (QED) is 0.847. The van der Waals surface area contributed by atoms with E-state index in [0.717, 1.165) is 22.6 Å². The predicted octanol–water partition coefficient (Wildman–Crippen LogP) is 2.60. The molecule has 2 amide bonds. The molecule has 2 aromatic rings. The van der Waals surface area contributed by atoms with E-state index in [4.69, 9.17) is 4.74 Å². The largest absolute Gasteiger partial charge is 0.497 e. The highest BCUT2D eigenvalue weighted by Crippen LogP contribution is 2.21. The van der Waals surface area contributed by atoms with Crippen LogP contribution < -0.4 is 15.0 Å². The molecule has 3 rings (SSSR count). The number of methoxy groups -OCH3 is 1. The van der Waals surface area contributed by atoms with Gasteiger partial charge in [-0.05, 0) is 55.3 Å². The van der Waals surface area contributed by atoms with Crippen LogP contribution in [0.3, 0.4) is 0 Å². The van der Waals surface area contributed by atoms with E-state index in [1.807, 2.05) is 56.3 Å². The zero-order valence-corrected chi connectivity index (χ0v) is 16.0. The topological polar surface area (TPSA) is 61.9 Å². The number of ether oxygens (including phenoxy) is 1. The Morgan fingerprint density at radius 3 is 2.26 bits per heavy atom. The number of nitrogens with one attached hydrogen (secondary N) is 1. The molecule has 6 nitrogen and oxygen atoms in total. The summed E-state index contributed by atoms with van der Waals surface area (Å²) in [4.78, 5) is 28.7. The van der Waals surface area contributed by atoms with Gasteiger partial charge in [0.1, 0.15) is 5.75 Å². The average molecular weight is 367 g/mol. The molecule has 0 unspecified atom stereocenters. The van der Waals surface area contributed by atoms with Crippen molar-refractivity contribution in [2.45, 2.75) is 13.8 Å². The molecule has 1 saturated heterocycles. The van der Waals surface area contributed by atoms with Crippen LogP contribution in [0.2, 0.25) is 0 Å². The molecule has 0 radical (unpaired) electrons. The Labute approximate surface area is 159 Å². The monoisotopic (exact) mass is 367 g/mol. The maximum Gasteiger partial charge on any atom is 0.313 e. The number of anilines is 2. The summed E-state index contributed by atoms with van der Waals surface area (Å²) in [6.45, 7) is 6.33. The van der Waals surface area contributed by atoms with Gasteiger partial charge in [0.15, 0.2) is 0 Å². The Hall–Kier alpha value is -3.02. The van der Waals surface area contributed by atoms with Crippen molar-refractivity contribution in [2.24, 2.45) is 0 Å². The lowest BCUT2D eigenvalue weighted by Gasteiger charge is -2.35. The molecule has 142 valence electrons. The molecular weight excluding hydrogens is 342 g/mol. The summed E-state index contributed by atoms with van der Waals surface area (Å²) >= 11 is 0. The fraction of sp³-hybridized carbons (Fsp3) is 0.333. The van der Waals surface area contributed by atoms with Crippen LogP contribution in [0.15, 0.2) is 42.5 Å². The van der Waals surface area contributed by atoms with Crippen LogP contribution in [0.5, 0.6) is 5.75 Å². The number of benzene rings is 2. The van der Waals surface area contributed by atoms with E-state index < -0.39 is 11.8 Å². The number of carbonyl (C=O) groups excluding carboxylic acids is 2. The molecule has 0 saturated carbocycles. The number of aryl methyl sites for hydroxylation is 1. The van der Waals surface area contributed by atoms with Gasteiger partial charge in [0.25, 0.3) is 0 Å². The minimum atomic E-state index is -0.582. The van der Waals surface area contributed by atoms with Crippen molar-refractivity contribution in [3.05, 3.63) is 53.6 Å². The Morgan fingerprint density at radius 1 is 0.963 bits per heavy atom. The fourth-order valence-electron chi connectivity index (χ4n) is 3.17. The number of amides is 2. The lowest BCUT2D eigenvalue weighted by molar-refractivity contribution is -0.143. The smallest absolute Gasteiger partial charge is 0.313 e. The van der Waals surface area contributed by atoms with Gasteiger partial charge in [-0.15, -0.1) is 0 Å². The van der Waals surface area contributed by atoms with Crippen LogP contribution in [-0.4, -0.2) is 50.0 Å². The summed E-state index contributed by atoms with van der Waals surface area (Å²) in [6, 6.07) is 13.5. The van der Waals surface area contributed by atoms with E-state index in [1.54, 1.807) is 12.0 Å². The van der Waals surface area contributed by atoms with Gasteiger partial charge in [0.2, 0.25) is 0 Å². The first-order valence-corrected chi connectivity index (χ1v) is 9.05. The molecule has 1 N–H and O–H groups in total. The molecule has 6 heteroatoms. The Balaban J connectivity index is 1.57. The molecular formula is C21H25N3O3. The van der Waals surface area contributed by atoms with Crippen molar-refractivity contribution >= 4 is 23.2 Å². The number of nitrogens with zero attached hydrogens (tertiary/aromatic N) is 2. The van der Waals surface area contributed by atoms with E-state index >= 15 is 0 Å². The molecule has 0 atom stereocenters. The second-order valence-corrected chi connectivity index (χ2v) is 6.68. The lowest BCUT2D eigenvalue weighted by atomic mass is 10.1. The van der Waals surface area contributed by atoms with Gasteiger partial charge in [-0.1, -0.05) is 12.1 Å². The summed E-state index contributed by atoms with van der Waals surface area (Å²) in [6.07, 6.45) is 0. The van der Waals surface area contributed by atoms with Crippen molar-refractivity contribution in [2.75, 3.05) is 43.5 Å². The minimum absolute atomic E-state index is 0.481. The van der Waals surface area contributed by atoms with Crippen LogP contribution >= 0.6 is 0 Å². The third kappa shape index (κ3) is 4.22. The first-order valence-electron chi connectivity index (χ1n) is 9.05. The molecule has 0 bridgehead atoms. The van der Waals surface area contributed by atoms with Crippen molar-refractivity contribution in [3.8, 4) is 5.75 Å². The fourth-order valence-corrected chi connectivity index (χ4v) is 3.17. The third-order valence-corrected chi connectivity index (χ3v) is 5.05. The summed E-state index contributed by atoms with van der Waals surface area (Å²) in [5.41, 5.74) is 3.82. The highest BCUT2D eigenvalue weighted by molar-refractivity contribution is 6.39. The zero-order valence-electron chi connectivity index (χ0n) is 16.0. The van der Waals surface area contributed by atoms with Crippen molar-refractivity contribution in [3.63, 3.8) is 0 Å². The Kier molecular flexibility index (Phi) is 5.64. The molecule has 0 aliphatic carbocycles. The van der Waals surface area contributed by atoms with Crippen LogP contribution in [0.1, 0.15) is 11.1 Å². The summed E-state index contributed by atoms with van der Waals surface area (Å²) in [5, 5.41) is 2.75. The lowest BCUT2D eigenvalue weighted by Crippen LogP contribution is -2.51. The number of piperazine rings is 1. The number of hydrogen-bond donors (Lipinski definition) is 1. The molecule has 1 fully saturated rings. The van der Waals surface area contributed by atoms with Gasteiger partial charge in [-0.2, -0.15) is 0 Å². The number of carbonyl (C=O) groups is 2. The van der Waals surface area contributed by atoms with Gasteiger partial charge in [-0.3, -0.25) is 9.59 Å². The summed E-state index contributed by atoms with van der Waals surface area (Å²) in [5.74, 6) is -0.248. The average Bonchev–Trinajstić information content (AvgIpc) is 2.71. The second-order valence-electron chi connectivity index (χ2n) is 6.68. The SMILES string of the molecule is COc1ccc(N2CCN(C(=O)C(=O)Nc3cccc(C)c3C)CC2)cc1. The van der Waals surface area contributed by atoms with Crippen LogP contribution in [0.4, 0.5) is 11.4 Å². The summed E-state index contributed by atoms with van der Waals surface area (Å²) in [7, 11) is 1.64. The molecule has 1 heterocycles.